The smallest absolute Gasteiger partial charge is 0.279 e. The third kappa shape index (κ3) is 5.19. The van der Waals surface area contributed by atoms with Crippen molar-refractivity contribution in [3.8, 4) is 0 Å². The van der Waals surface area contributed by atoms with Gasteiger partial charge in [0.05, 0.1) is 15.1 Å². The van der Waals surface area contributed by atoms with Crippen LogP contribution in [-0.2, 0) is 23.1 Å². The van der Waals surface area contributed by atoms with Crippen LogP contribution in [0.2, 0.25) is 0 Å². The Kier molecular flexibility index (Phi) is 7.45. The van der Waals surface area contributed by atoms with Crippen LogP contribution in [0.4, 0.5) is 0 Å². The normalized spacial score (nSPS) is 12.4. The summed E-state index contributed by atoms with van der Waals surface area (Å²) in [4.78, 5) is 18.0. The first-order valence-corrected chi connectivity index (χ1v) is 13.5. The number of rotatable bonds is 8. The van der Waals surface area contributed by atoms with Crippen molar-refractivity contribution < 1.29 is 13.2 Å². The van der Waals surface area contributed by atoms with Gasteiger partial charge in [-0.3, -0.25) is 4.79 Å². The van der Waals surface area contributed by atoms with Gasteiger partial charge in [0, 0.05) is 25.2 Å². The van der Waals surface area contributed by atoms with Gasteiger partial charge in [-0.25, -0.2) is 8.42 Å². The number of hydrogen-bond donors (Lipinski definition) is 0. The Hall–Kier alpha value is -3.33. The third-order valence-electron chi connectivity index (χ3n) is 5.71. The Bertz CT molecular complexity index is 1530. The average molecular weight is 506 g/mol. The topological polar surface area (TPSA) is 71.7 Å². The Labute approximate surface area is 209 Å². The summed E-state index contributed by atoms with van der Waals surface area (Å²) >= 11 is 1.44. The van der Waals surface area contributed by atoms with Gasteiger partial charge in [-0.15, -0.1) is 6.58 Å². The molecule has 1 heterocycles. The highest BCUT2D eigenvalue weighted by Gasteiger charge is 2.23. The van der Waals surface area contributed by atoms with Gasteiger partial charge < -0.3 is 4.57 Å². The minimum absolute atomic E-state index is 0.144. The Morgan fingerprint density at radius 1 is 1.06 bits per heavy atom. The molecule has 1 aromatic heterocycles. The SMILES string of the molecule is C=CCn1c(=NC(=O)c2ccc(S(=O)(=O)N(CC)Cc3ccccc3)cc2)sc2cccc(C)c21. The lowest BCUT2D eigenvalue weighted by Crippen LogP contribution is -2.30. The molecule has 0 aliphatic rings. The number of benzene rings is 3. The fourth-order valence-electron chi connectivity index (χ4n) is 3.91. The van der Waals surface area contributed by atoms with Crippen molar-refractivity contribution in [1.82, 2.24) is 8.87 Å². The Morgan fingerprint density at radius 2 is 1.77 bits per heavy atom. The number of allylic oxidation sites excluding steroid dienone is 1. The molecule has 0 bridgehead atoms. The van der Waals surface area contributed by atoms with E-state index >= 15 is 0 Å². The van der Waals surface area contributed by atoms with Crippen molar-refractivity contribution in [1.29, 1.82) is 0 Å². The number of thiazole rings is 1. The summed E-state index contributed by atoms with van der Waals surface area (Å²) in [6.07, 6.45) is 1.77. The summed E-state index contributed by atoms with van der Waals surface area (Å²) in [5.74, 6) is -0.424. The van der Waals surface area contributed by atoms with Crippen LogP contribution < -0.4 is 4.80 Å². The van der Waals surface area contributed by atoms with E-state index in [1.807, 2.05) is 66.9 Å². The Morgan fingerprint density at radius 3 is 2.43 bits per heavy atom. The maximum absolute atomic E-state index is 13.2. The monoisotopic (exact) mass is 505 g/mol. The second kappa shape index (κ2) is 10.5. The maximum atomic E-state index is 13.2. The molecule has 0 spiro atoms. The second-order valence-corrected chi connectivity index (χ2v) is 11.0. The van der Waals surface area contributed by atoms with Crippen LogP contribution in [0, 0.1) is 6.92 Å². The number of carbonyl (C=O) groups is 1. The molecule has 0 aliphatic heterocycles. The van der Waals surface area contributed by atoms with Gasteiger partial charge in [0.15, 0.2) is 4.80 Å². The lowest BCUT2D eigenvalue weighted by atomic mass is 10.2. The zero-order valence-corrected chi connectivity index (χ0v) is 21.3. The molecule has 0 fully saturated rings. The van der Waals surface area contributed by atoms with Gasteiger partial charge in [0.25, 0.3) is 5.91 Å². The Balaban J connectivity index is 1.63. The lowest BCUT2D eigenvalue weighted by Gasteiger charge is -2.20. The number of aromatic nitrogens is 1. The molecule has 0 aliphatic carbocycles. The zero-order chi connectivity index (χ0) is 25.0. The molecular formula is C27H27N3O3S2. The number of aryl methyl sites for hydroxylation is 1. The van der Waals surface area contributed by atoms with Crippen molar-refractivity contribution in [3.63, 3.8) is 0 Å². The molecule has 1 amide bonds. The predicted molar refractivity (Wildman–Crippen MR) is 141 cm³/mol. The van der Waals surface area contributed by atoms with Crippen molar-refractivity contribution >= 4 is 37.5 Å². The van der Waals surface area contributed by atoms with E-state index < -0.39 is 15.9 Å². The number of amides is 1. The first-order chi connectivity index (χ1) is 16.8. The summed E-state index contributed by atoms with van der Waals surface area (Å²) in [5, 5.41) is 0. The molecular weight excluding hydrogens is 478 g/mol. The van der Waals surface area contributed by atoms with Gasteiger partial charge in [-0.1, -0.05) is 66.8 Å². The summed E-state index contributed by atoms with van der Waals surface area (Å²) in [7, 11) is -3.71. The number of hydrogen-bond acceptors (Lipinski definition) is 4. The summed E-state index contributed by atoms with van der Waals surface area (Å²) in [6, 6.07) is 21.5. The molecule has 0 radical (unpaired) electrons. The first-order valence-electron chi connectivity index (χ1n) is 11.3. The predicted octanol–water partition coefficient (Wildman–Crippen LogP) is 5.15. The van der Waals surface area contributed by atoms with Crippen molar-refractivity contribution in [2.45, 2.75) is 31.8 Å². The minimum atomic E-state index is -3.71. The van der Waals surface area contributed by atoms with E-state index in [2.05, 4.69) is 11.6 Å². The number of sulfonamides is 1. The van der Waals surface area contributed by atoms with Crippen molar-refractivity contribution in [2.24, 2.45) is 4.99 Å². The third-order valence-corrected chi connectivity index (χ3v) is 8.68. The molecule has 0 saturated carbocycles. The van der Waals surface area contributed by atoms with Gasteiger partial charge >= 0.3 is 0 Å². The van der Waals surface area contributed by atoms with Crippen molar-refractivity contribution in [3.05, 3.63) is 107 Å². The van der Waals surface area contributed by atoms with E-state index in [-0.39, 0.29) is 11.4 Å². The molecule has 4 rings (SSSR count). The van der Waals surface area contributed by atoms with E-state index in [9.17, 15) is 13.2 Å². The molecule has 180 valence electrons. The molecule has 0 unspecified atom stereocenters. The zero-order valence-electron chi connectivity index (χ0n) is 19.7. The molecule has 8 heteroatoms. The van der Waals surface area contributed by atoms with Gasteiger partial charge in [0.1, 0.15) is 0 Å². The highest BCUT2D eigenvalue weighted by molar-refractivity contribution is 7.89. The van der Waals surface area contributed by atoms with E-state index in [0.29, 0.717) is 23.5 Å². The lowest BCUT2D eigenvalue weighted by molar-refractivity contribution is 0.0997. The fourth-order valence-corrected chi connectivity index (χ4v) is 6.47. The molecule has 0 atom stereocenters. The van der Waals surface area contributed by atoms with Crippen LogP contribution in [-0.4, -0.2) is 29.7 Å². The average Bonchev–Trinajstić information content (AvgIpc) is 3.21. The number of para-hydroxylation sites is 1. The van der Waals surface area contributed by atoms with Crippen LogP contribution in [0.3, 0.4) is 0 Å². The van der Waals surface area contributed by atoms with Gasteiger partial charge in [-0.2, -0.15) is 9.30 Å². The molecule has 6 nitrogen and oxygen atoms in total. The van der Waals surface area contributed by atoms with E-state index in [4.69, 9.17) is 0 Å². The largest absolute Gasteiger partial charge is 0.312 e. The molecule has 35 heavy (non-hydrogen) atoms. The number of carbonyl (C=O) groups excluding carboxylic acids is 1. The molecule has 0 saturated heterocycles. The molecule has 4 aromatic rings. The standard InChI is InChI=1S/C27H27N3O3S2/c1-4-18-30-25-20(3)10-9-13-24(25)34-27(30)28-26(31)22-14-16-23(17-15-22)35(32,33)29(5-2)19-21-11-7-6-8-12-21/h4,6-17H,1,5,18-19H2,2-3H3. The maximum Gasteiger partial charge on any atom is 0.279 e. The minimum Gasteiger partial charge on any atom is -0.312 e. The second-order valence-electron chi connectivity index (χ2n) is 8.06. The van der Waals surface area contributed by atoms with Crippen LogP contribution in [0.15, 0.2) is 95.3 Å². The van der Waals surface area contributed by atoms with E-state index in [1.165, 1.54) is 39.9 Å². The van der Waals surface area contributed by atoms with Crippen LogP contribution >= 0.6 is 11.3 Å². The first kappa shape index (κ1) is 24.8. The highest BCUT2D eigenvalue weighted by Crippen LogP contribution is 2.22. The molecule has 0 N–H and O–H groups in total. The summed E-state index contributed by atoms with van der Waals surface area (Å²) in [6.45, 7) is 8.81. The summed E-state index contributed by atoms with van der Waals surface area (Å²) < 4.78 is 30.8. The summed E-state index contributed by atoms with van der Waals surface area (Å²) in [5.41, 5.74) is 3.37. The van der Waals surface area contributed by atoms with Crippen LogP contribution in [0.25, 0.3) is 10.2 Å². The van der Waals surface area contributed by atoms with Crippen LogP contribution in [0.1, 0.15) is 28.4 Å². The van der Waals surface area contributed by atoms with E-state index in [1.54, 1.807) is 6.08 Å². The van der Waals surface area contributed by atoms with Gasteiger partial charge in [0.2, 0.25) is 10.0 Å². The highest BCUT2D eigenvalue weighted by atomic mass is 32.2. The number of fused-ring (bicyclic) bond motifs is 1. The van der Waals surface area contributed by atoms with Crippen LogP contribution in [0.5, 0.6) is 0 Å². The van der Waals surface area contributed by atoms with Crippen molar-refractivity contribution in [2.75, 3.05) is 6.54 Å². The van der Waals surface area contributed by atoms with E-state index in [0.717, 1.165) is 21.3 Å². The van der Waals surface area contributed by atoms with Gasteiger partial charge in [-0.05, 0) is 48.4 Å². The molecule has 3 aromatic carbocycles. The fraction of sp³-hybridized carbons (Fsp3) is 0.185. The quantitative estimate of drug-likeness (QED) is 0.311. The number of nitrogens with zero attached hydrogens (tertiary/aromatic N) is 3.